The van der Waals surface area contributed by atoms with Crippen molar-refractivity contribution in [1.29, 1.82) is 0 Å². The van der Waals surface area contributed by atoms with Gasteiger partial charge in [0.15, 0.2) is 5.13 Å². The van der Waals surface area contributed by atoms with Gasteiger partial charge in [-0.2, -0.15) is 6.92 Å². The van der Waals surface area contributed by atoms with Gasteiger partial charge in [-0.05, 0) is 0 Å². The van der Waals surface area contributed by atoms with Crippen molar-refractivity contribution >= 4 is 22.8 Å². The second kappa shape index (κ2) is 8.25. The van der Waals surface area contributed by atoms with E-state index in [1.807, 2.05) is 0 Å². The second-order valence-corrected chi connectivity index (χ2v) is 2.06. The van der Waals surface area contributed by atoms with Crippen molar-refractivity contribution in [2.75, 3.05) is 5.73 Å². The summed E-state index contributed by atoms with van der Waals surface area (Å²) in [5, 5.41) is 1.96. The Labute approximate surface area is 93.8 Å². The Bertz CT molecular complexity index is 202. The Kier molecular flexibility index (Phi) is 10.3. The zero-order valence-electron chi connectivity index (χ0n) is 6.13. The monoisotopic (exact) mass is 394 g/mol. The maximum atomic E-state index is 9.78. The molecule has 0 aliphatic heterocycles. The van der Waals surface area contributed by atoms with Crippen LogP contribution in [0.4, 0.5) is 5.13 Å². The van der Waals surface area contributed by atoms with Gasteiger partial charge < -0.3 is 17.5 Å². The van der Waals surface area contributed by atoms with Crippen molar-refractivity contribution in [3.8, 4) is 0 Å². The minimum absolute atomic E-state index is 0. The van der Waals surface area contributed by atoms with Gasteiger partial charge in [-0.25, -0.2) is 11.3 Å². The molecule has 11 heavy (non-hydrogen) atoms. The SMILES string of the molecule is Nc1nc([C-]=O)cs1.[CH2-]C.[U+2]. The van der Waals surface area contributed by atoms with E-state index in [9.17, 15) is 4.79 Å². The summed E-state index contributed by atoms with van der Waals surface area (Å²) < 4.78 is 0. The predicted molar refractivity (Wildman–Crippen MR) is 42.4 cm³/mol. The molecule has 58 valence electrons. The Morgan fingerprint density at radius 3 is 2.45 bits per heavy atom. The normalized spacial score (nSPS) is 7.09. The van der Waals surface area contributed by atoms with Crippen molar-refractivity contribution < 1.29 is 35.9 Å². The molecule has 0 saturated heterocycles. The van der Waals surface area contributed by atoms with E-state index in [0.29, 0.717) is 5.13 Å². The first-order valence-electron chi connectivity index (χ1n) is 2.63. The van der Waals surface area contributed by atoms with Crippen LogP contribution in [0.1, 0.15) is 12.6 Å². The molecule has 0 aromatic carbocycles. The third-order valence-electron chi connectivity index (χ3n) is 0.627. The Hall–Kier alpha value is 0.152. The van der Waals surface area contributed by atoms with E-state index in [2.05, 4.69) is 11.9 Å². The molecule has 0 aliphatic carbocycles. The van der Waals surface area contributed by atoms with Crippen LogP contribution in [-0.2, 0) is 4.79 Å². The minimum Gasteiger partial charge on any atom is -0.417 e. The molecule has 0 atom stereocenters. The number of nitrogens with two attached hydrogens (primary N) is 1. The van der Waals surface area contributed by atoms with Crippen molar-refractivity contribution in [3.05, 3.63) is 18.0 Å². The molecule has 1 heterocycles. The van der Waals surface area contributed by atoms with E-state index in [1.165, 1.54) is 11.3 Å². The third-order valence-corrected chi connectivity index (χ3v) is 1.30. The van der Waals surface area contributed by atoms with Gasteiger partial charge in [0.05, 0.1) is 0 Å². The number of rotatable bonds is 1. The first-order valence-corrected chi connectivity index (χ1v) is 3.51. The van der Waals surface area contributed by atoms with Gasteiger partial charge in [0.2, 0.25) is 0 Å². The summed E-state index contributed by atoms with van der Waals surface area (Å²) in [4.78, 5) is 13.4. The van der Waals surface area contributed by atoms with Gasteiger partial charge in [0.25, 0.3) is 0 Å². The molecule has 3 nitrogen and oxygen atoms in total. The van der Waals surface area contributed by atoms with Crippen molar-refractivity contribution in [2.24, 2.45) is 0 Å². The fourth-order valence-corrected chi connectivity index (χ4v) is 0.819. The Balaban J connectivity index is 0. The molecule has 0 fully saturated rings. The molecule has 0 saturated carbocycles. The average molecular weight is 394 g/mol. The topological polar surface area (TPSA) is 56.0 Å². The standard InChI is InChI=1S/C4H3N2OS.C2H5.U/c5-4-6-3(1-7)2-8-4;1-2;/h2H,(H2,5,6);1H2,2H3;/q2*-1;+2. The van der Waals surface area contributed by atoms with Crippen molar-refractivity contribution in [1.82, 2.24) is 4.98 Å². The molecular weight excluding hydrogens is 386 g/mol. The summed E-state index contributed by atoms with van der Waals surface area (Å²) in [5.74, 6) is 0. The number of hydrogen-bond donors (Lipinski definition) is 1. The smallest absolute Gasteiger partial charge is 0.417 e. The minimum atomic E-state index is 0. The van der Waals surface area contributed by atoms with E-state index in [-0.39, 0.29) is 36.8 Å². The maximum Gasteiger partial charge on any atom is 2.00 e. The van der Waals surface area contributed by atoms with Crippen LogP contribution in [0.15, 0.2) is 5.38 Å². The molecule has 0 unspecified atom stereocenters. The molecule has 0 aliphatic rings. The van der Waals surface area contributed by atoms with Crippen LogP contribution in [0.25, 0.3) is 0 Å². The summed E-state index contributed by atoms with van der Waals surface area (Å²) in [6.45, 7) is 5.00. The molecule has 0 amide bonds. The van der Waals surface area contributed by atoms with E-state index in [0.717, 1.165) is 0 Å². The van der Waals surface area contributed by atoms with Crippen LogP contribution >= 0.6 is 11.3 Å². The molecule has 2 N–H and O–H groups in total. The van der Waals surface area contributed by atoms with Gasteiger partial charge in [0.1, 0.15) is 0 Å². The summed E-state index contributed by atoms with van der Waals surface area (Å²) in [6.07, 6.45) is 1.62. The quantitative estimate of drug-likeness (QED) is 0.724. The number of nitrogen functional groups attached to an aromatic ring is 1. The first-order chi connectivity index (χ1) is 4.83. The first kappa shape index (κ1) is 13.7. The van der Waals surface area contributed by atoms with Gasteiger partial charge in [-0.3, -0.25) is 4.98 Å². The van der Waals surface area contributed by atoms with Gasteiger partial charge in [-0.1, -0.05) is 5.69 Å². The molecular formula is C6H8N2OSU. The fourth-order valence-electron chi connectivity index (χ4n) is 0.334. The van der Waals surface area contributed by atoms with Crippen LogP contribution < -0.4 is 5.73 Å². The largest absolute Gasteiger partial charge is 2.00 e. The number of aromatic nitrogens is 1. The van der Waals surface area contributed by atoms with Crippen molar-refractivity contribution in [2.45, 2.75) is 6.92 Å². The van der Waals surface area contributed by atoms with Crippen LogP contribution in [0, 0.1) is 38.0 Å². The fraction of sp³-hybridized carbons (Fsp3) is 0.167. The third kappa shape index (κ3) is 5.42. The molecule has 1 aromatic rings. The van der Waals surface area contributed by atoms with Crippen LogP contribution in [0.5, 0.6) is 0 Å². The van der Waals surface area contributed by atoms with Crippen molar-refractivity contribution in [3.63, 3.8) is 0 Å². The average Bonchev–Trinajstić information content (AvgIpc) is 2.40. The van der Waals surface area contributed by atoms with Crippen LogP contribution in [0.2, 0.25) is 0 Å². The number of carbonyl (C=O) groups excluding carboxylic acids is 1. The maximum absolute atomic E-state index is 9.78. The van der Waals surface area contributed by atoms with Gasteiger partial charge in [0, 0.05) is 6.29 Å². The molecule has 1 aromatic heterocycles. The molecule has 0 bridgehead atoms. The Morgan fingerprint density at radius 2 is 2.27 bits per heavy atom. The summed E-state index contributed by atoms with van der Waals surface area (Å²) in [6, 6.07) is 0. The summed E-state index contributed by atoms with van der Waals surface area (Å²) >= 11 is 1.23. The van der Waals surface area contributed by atoms with E-state index in [1.54, 1.807) is 18.6 Å². The second-order valence-electron chi connectivity index (χ2n) is 1.17. The number of thiazole rings is 1. The molecule has 0 radical (unpaired) electrons. The summed E-state index contributed by atoms with van der Waals surface area (Å²) in [5.41, 5.74) is 5.47. The van der Waals surface area contributed by atoms with Gasteiger partial charge >= 0.3 is 31.1 Å². The van der Waals surface area contributed by atoms with E-state index >= 15 is 0 Å². The number of anilines is 1. The van der Waals surface area contributed by atoms with E-state index < -0.39 is 0 Å². The van der Waals surface area contributed by atoms with Crippen LogP contribution in [0.3, 0.4) is 0 Å². The van der Waals surface area contributed by atoms with Crippen LogP contribution in [-0.4, -0.2) is 11.3 Å². The number of hydrogen-bond acceptors (Lipinski definition) is 4. The number of nitrogens with zero attached hydrogens (tertiary/aromatic N) is 1. The van der Waals surface area contributed by atoms with Gasteiger partial charge in [-0.15, -0.1) is 5.38 Å². The zero-order valence-corrected chi connectivity index (χ0v) is 11.1. The predicted octanol–water partition coefficient (Wildman–Crippen LogP) is 1.02. The molecule has 0 spiro atoms. The molecule has 1 rings (SSSR count). The summed E-state index contributed by atoms with van der Waals surface area (Å²) in [7, 11) is 0. The zero-order chi connectivity index (χ0) is 7.98. The van der Waals surface area contributed by atoms with E-state index in [4.69, 9.17) is 5.73 Å². The Morgan fingerprint density at radius 1 is 1.73 bits per heavy atom. The molecule has 5 heteroatoms.